The summed E-state index contributed by atoms with van der Waals surface area (Å²) in [4.78, 5) is 0. The second kappa shape index (κ2) is 5.75. The van der Waals surface area contributed by atoms with Crippen LogP contribution in [0.15, 0.2) is 18.2 Å². The van der Waals surface area contributed by atoms with Crippen LogP contribution >= 0.6 is 0 Å². The van der Waals surface area contributed by atoms with E-state index in [9.17, 15) is 5.11 Å². The van der Waals surface area contributed by atoms with E-state index in [1.54, 1.807) is 0 Å². The first-order valence-electron chi connectivity index (χ1n) is 6.74. The molecule has 0 spiro atoms. The van der Waals surface area contributed by atoms with Gasteiger partial charge in [-0.25, -0.2) is 0 Å². The van der Waals surface area contributed by atoms with Gasteiger partial charge in [0.05, 0.1) is 12.2 Å². The van der Waals surface area contributed by atoms with Crippen molar-refractivity contribution in [2.75, 3.05) is 0 Å². The smallest absolute Gasteiger partial charge is 0.125 e. The molecular weight excluding hydrogens is 224 g/mol. The van der Waals surface area contributed by atoms with Crippen molar-refractivity contribution in [3.8, 4) is 5.75 Å². The quantitative estimate of drug-likeness (QED) is 0.867. The van der Waals surface area contributed by atoms with E-state index >= 15 is 0 Å². The van der Waals surface area contributed by atoms with Crippen molar-refractivity contribution in [3.63, 3.8) is 0 Å². The molecule has 0 aliphatic rings. The fourth-order valence-corrected chi connectivity index (χ4v) is 1.86. The number of aliphatic hydroxyl groups excluding tert-OH is 1. The third kappa shape index (κ3) is 3.74. The molecule has 0 aliphatic heterocycles. The topological polar surface area (TPSA) is 29.5 Å². The van der Waals surface area contributed by atoms with Crippen LogP contribution in [0, 0.1) is 0 Å². The van der Waals surface area contributed by atoms with Gasteiger partial charge in [-0.1, -0.05) is 33.8 Å². The molecular formula is C16H26O2. The van der Waals surface area contributed by atoms with Crippen LogP contribution in [0.3, 0.4) is 0 Å². The van der Waals surface area contributed by atoms with Gasteiger partial charge in [0.25, 0.3) is 0 Å². The number of ether oxygens (including phenoxy) is 1. The Kier molecular flexibility index (Phi) is 4.80. The van der Waals surface area contributed by atoms with E-state index in [0.717, 1.165) is 11.3 Å². The third-order valence-corrected chi connectivity index (χ3v) is 2.98. The van der Waals surface area contributed by atoms with E-state index in [4.69, 9.17) is 4.74 Å². The van der Waals surface area contributed by atoms with Crippen molar-refractivity contribution in [1.82, 2.24) is 0 Å². The Bertz CT molecular complexity index is 389. The zero-order valence-electron chi connectivity index (χ0n) is 12.4. The highest BCUT2D eigenvalue weighted by atomic mass is 16.5. The molecule has 1 rings (SSSR count). The number of rotatable bonds is 4. The molecule has 1 aromatic rings. The Hall–Kier alpha value is -1.02. The summed E-state index contributed by atoms with van der Waals surface area (Å²) in [5.41, 5.74) is 2.21. The monoisotopic (exact) mass is 250 g/mol. The molecule has 0 saturated carbocycles. The first-order chi connectivity index (χ1) is 8.25. The molecule has 102 valence electrons. The molecule has 0 heterocycles. The van der Waals surface area contributed by atoms with Crippen LogP contribution in [0.4, 0.5) is 0 Å². The Balaban J connectivity index is 3.20. The molecule has 18 heavy (non-hydrogen) atoms. The molecule has 1 unspecified atom stereocenters. The summed E-state index contributed by atoms with van der Waals surface area (Å²) in [6, 6.07) is 6.14. The van der Waals surface area contributed by atoms with Crippen molar-refractivity contribution < 1.29 is 9.84 Å². The lowest BCUT2D eigenvalue weighted by molar-refractivity contribution is 0.161. The number of aliphatic hydroxyl groups is 1. The summed E-state index contributed by atoms with van der Waals surface area (Å²) in [6.45, 7) is 12.5. The first-order valence-corrected chi connectivity index (χ1v) is 6.74. The molecule has 0 aromatic heterocycles. The second-order valence-corrected chi connectivity index (χ2v) is 6.09. The van der Waals surface area contributed by atoms with Gasteiger partial charge in [-0.2, -0.15) is 0 Å². The predicted octanol–water partition coefficient (Wildman–Crippen LogP) is 4.21. The zero-order valence-corrected chi connectivity index (χ0v) is 12.4. The van der Waals surface area contributed by atoms with Gasteiger partial charge >= 0.3 is 0 Å². The van der Waals surface area contributed by atoms with Crippen molar-refractivity contribution >= 4 is 0 Å². The standard InChI is InChI=1S/C16H26O2/c1-7-14(17)13-10-12(16(4,5)6)8-9-15(13)18-11(2)3/h8-11,14,17H,7H2,1-6H3. The fraction of sp³-hybridized carbons (Fsp3) is 0.625. The van der Waals surface area contributed by atoms with Crippen molar-refractivity contribution in [2.45, 2.75) is 65.6 Å². The third-order valence-electron chi connectivity index (χ3n) is 2.98. The molecule has 0 aliphatic carbocycles. The maximum absolute atomic E-state index is 10.1. The Morgan fingerprint density at radius 2 is 1.83 bits per heavy atom. The maximum atomic E-state index is 10.1. The first kappa shape index (κ1) is 15.0. The minimum atomic E-state index is -0.457. The summed E-state index contributed by atoms with van der Waals surface area (Å²) >= 11 is 0. The lowest BCUT2D eigenvalue weighted by Gasteiger charge is -2.23. The average molecular weight is 250 g/mol. The highest BCUT2D eigenvalue weighted by molar-refractivity contribution is 5.41. The van der Waals surface area contributed by atoms with Gasteiger partial charge in [0.1, 0.15) is 5.75 Å². The molecule has 2 nitrogen and oxygen atoms in total. The van der Waals surface area contributed by atoms with Gasteiger partial charge in [0.2, 0.25) is 0 Å². The second-order valence-electron chi connectivity index (χ2n) is 6.09. The summed E-state index contributed by atoms with van der Waals surface area (Å²) in [5.74, 6) is 0.798. The van der Waals surface area contributed by atoms with Gasteiger partial charge in [-0.3, -0.25) is 0 Å². The van der Waals surface area contributed by atoms with Gasteiger partial charge < -0.3 is 9.84 Å². The zero-order chi connectivity index (χ0) is 13.9. The molecule has 0 amide bonds. The predicted molar refractivity (Wildman–Crippen MR) is 76.2 cm³/mol. The molecule has 0 bridgehead atoms. The molecule has 2 heteroatoms. The molecule has 0 radical (unpaired) electrons. The maximum Gasteiger partial charge on any atom is 0.125 e. The van der Waals surface area contributed by atoms with Gasteiger partial charge in [-0.05, 0) is 43.4 Å². The minimum absolute atomic E-state index is 0.0819. The highest BCUT2D eigenvalue weighted by Crippen LogP contribution is 2.33. The molecule has 0 fully saturated rings. The Labute approximate surface area is 111 Å². The van der Waals surface area contributed by atoms with E-state index in [2.05, 4.69) is 32.9 Å². The van der Waals surface area contributed by atoms with Crippen LogP contribution in [0.25, 0.3) is 0 Å². The summed E-state index contributed by atoms with van der Waals surface area (Å²) in [7, 11) is 0. The number of benzene rings is 1. The van der Waals surface area contributed by atoms with E-state index in [1.165, 1.54) is 5.56 Å². The van der Waals surface area contributed by atoms with Crippen LogP contribution in [0.5, 0.6) is 5.75 Å². The minimum Gasteiger partial charge on any atom is -0.491 e. The lowest BCUT2D eigenvalue weighted by Crippen LogP contribution is -2.14. The van der Waals surface area contributed by atoms with E-state index < -0.39 is 6.10 Å². The van der Waals surface area contributed by atoms with E-state index in [1.807, 2.05) is 26.8 Å². The van der Waals surface area contributed by atoms with E-state index in [-0.39, 0.29) is 11.5 Å². The summed E-state index contributed by atoms with van der Waals surface area (Å²) in [5, 5.41) is 10.1. The normalized spacial score (nSPS) is 13.8. The average Bonchev–Trinajstić information content (AvgIpc) is 2.26. The summed E-state index contributed by atoms with van der Waals surface area (Å²) in [6.07, 6.45) is 0.358. The van der Waals surface area contributed by atoms with Gasteiger partial charge in [0, 0.05) is 5.56 Å². The van der Waals surface area contributed by atoms with Crippen LogP contribution in [-0.2, 0) is 5.41 Å². The number of hydrogen-bond acceptors (Lipinski definition) is 2. The van der Waals surface area contributed by atoms with Crippen molar-refractivity contribution in [2.24, 2.45) is 0 Å². The molecule has 1 aromatic carbocycles. The van der Waals surface area contributed by atoms with Crippen molar-refractivity contribution in [1.29, 1.82) is 0 Å². The van der Waals surface area contributed by atoms with Crippen molar-refractivity contribution in [3.05, 3.63) is 29.3 Å². The largest absolute Gasteiger partial charge is 0.491 e. The number of hydrogen-bond donors (Lipinski definition) is 1. The highest BCUT2D eigenvalue weighted by Gasteiger charge is 2.19. The molecule has 1 atom stereocenters. The van der Waals surface area contributed by atoms with Gasteiger partial charge in [-0.15, -0.1) is 0 Å². The fourth-order valence-electron chi connectivity index (χ4n) is 1.86. The molecule has 1 N–H and O–H groups in total. The SMILES string of the molecule is CCC(O)c1cc(C(C)(C)C)ccc1OC(C)C. The van der Waals surface area contributed by atoms with Crippen LogP contribution < -0.4 is 4.74 Å². The lowest BCUT2D eigenvalue weighted by atomic mass is 9.85. The van der Waals surface area contributed by atoms with Gasteiger partial charge in [0.15, 0.2) is 0 Å². The van der Waals surface area contributed by atoms with Crippen LogP contribution in [0.2, 0.25) is 0 Å². The van der Waals surface area contributed by atoms with Crippen LogP contribution in [0.1, 0.15) is 65.2 Å². The van der Waals surface area contributed by atoms with E-state index in [0.29, 0.717) is 6.42 Å². The molecule has 0 saturated heterocycles. The Morgan fingerprint density at radius 3 is 2.28 bits per heavy atom. The van der Waals surface area contributed by atoms with Crippen LogP contribution in [-0.4, -0.2) is 11.2 Å². The Morgan fingerprint density at radius 1 is 1.22 bits per heavy atom. The summed E-state index contributed by atoms with van der Waals surface area (Å²) < 4.78 is 5.78.